The number of nitrogens with zero attached hydrogens (tertiary/aromatic N) is 1. The third-order valence-electron chi connectivity index (χ3n) is 3.04. The number of carboxylic acid groups (broad SMARTS) is 1. The van der Waals surface area contributed by atoms with Crippen LogP contribution in [0.15, 0.2) is 23.1 Å². The quantitative estimate of drug-likeness (QED) is 0.746. The van der Waals surface area contributed by atoms with Gasteiger partial charge in [-0.15, -0.1) is 0 Å². The molecule has 6 nitrogen and oxygen atoms in total. The fourth-order valence-electron chi connectivity index (χ4n) is 1.92. The average molecular weight is 300 g/mol. The Morgan fingerprint density at radius 3 is 2.50 bits per heavy atom. The zero-order chi connectivity index (χ0) is 15.3. The molecule has 1 rings (SSSR count). The second-order valence-electron chi connectivity index (χ2n) is 4.66. The number of hydrogen-bond acceptors (Lipinski definition) is 4. The summed E-state index contributed by atoms with van der Waals surface area (Å²) < 4.78 is 22.5. The molecular weight excluding hydrogens is 280 g/mol. The first-order valence-corrected chi connectivity index (χ1v) is 7.93. The topological polar surface area (TPSA) is 101 Å². The highest BCUT2D eigenvalue weighted by molar-refractivity contribution is 7.89. The van der Waals surface area contributed by atoms with Gasteiger partial charge in [-0.25, -0.2) is 18.4 Å². The molecule has 0 heterocycles. The van der Waals surface area contributed by atoms with Crippen molar-refractivity contribution < 1.29 is 18.3 Å². The molecule has 20 heavy (non-hydrogen) atoms. The number of anilines is 1. The summed E-state index contributed by atoms with van der Waals surface area (Å²) in [5, 5.41) is 14.2. The molecule has 0 atom stereocenters. The van der Waals surface area contributed by atoms with Crippen LogP contribution in [0.25, 0.3) is 0 Å². The van der Waals surface area contributed by atoms with Gasteiger partial charge in [0.25, 0.3) is 0 Å². The summed E-state index contributed by atoms with van der Waals surface area (Å²) in [4.78, 5) is 12.9. The number of rotatable bonds is 7. The van der Waals surface area contributed by atoms with E-state index in [-0.39, 0.29) is 10.5 Å². The molecule has 0 radical (unpaired) electrons. The molecule has 1 aromatic carbocycles. The molecule has 112 valence electrons. The van der Waals surface area contributed by atoms with Crippen molar-refractivity contribution in [3.63, 3.8) is 0 Å². The van der Waals surface area contributed by atoms with Crippen molar-refractivity contribution in [1.29, 1.82) is 0 Å². The van der Waals surface area contributed by atoms with Crippen molar-refractivity contribution in [1.82, 2.24) is 0 Å². The Bertz CT molecular complexity index is 584. The Labute approximate surface area is 119 Å². The van der Waals surface area contributed by atoms with Crippen LogP contribution in [0.1, 0.15) is 36.5 Å². The van der Waals surface area contributed by atoms with E-state index >= 15 is 0 Å². The maximum atomic E-state index is 11.3. The number of carboxylic acids is 1. The summed E-state index contributed by atoms with van der Waals surface area (Å²) in [6, 6.07) is 3.91. The van der Waals surface area contributed by atoms with Crippen LogP contribution < -0.4 is 10.0 Å². The molecule has 0 bridgehead atoms. The molecule has 3 N–H and O–H groups in total. The van der Waals surface area contributed by atoms with E-state index in [9.17, 15) is 18.3 Å². The molecule has 0 spiro atoms. The summed E-state index contributed by atoms with van der Waals surface area (Å²) in [5.41, 5.74) is 0.427. The molecule has 0 aliphatic heterocycles. The smallest absolute Gasteiger partial charge is 0.337 e. The highest BCUT2D eigenvalue weighted by atomic mass is 32.2. The number of sulfonamides is 1. The number of nitrogens with two attached hydrogens (primary N) is 1. The largest absolute Gasteiger partial charge is 0.478 e. The van der Waals surface area contributed by atoms with E-state index in [1.807, 2.05) is 4.90 Å². The summed E-state index contributed by atoms with van der Waals surface area (Å²) in [6.45, 7) is 2.80. The third-order valence-corrected chi connectivity index (χ3v) is 3.95. The number of hydrogen-bond donors (Lipinski definition) is 2. The van der Waals surface area contributed by atoms with Crippen LogP contribution in [0, 0.1) is 0 Å². The van der Waals surface area contributed by atoms with Gasteiger partial charge in [-0.1, -0.05) is 19.8 Å². The van der Waals surface area contributed by atoms with Gasteiger partial charge in [0, 0.05) is 13.6 Å². The Morgan fingerprint density at radius 1 is 1.35 bits per heavy atom. The van der Waals surface area contributed by atoms with Crippen LogP contribution >= 0.6 is 0 Å². The Hall–Kier alpha value is -1.60. The second-order valence-corrected chi connectivity index (χ2v) is 6.22. The predicted octanol–water partition coefficient (Wildman–Crippen LogP) is 1.66. The molecular formula is C13H20N2O4S. The van der Waals surface area contributed by atoms with Crippen LogP contribution in [0.4, 0.5) is 5.69 Å². The minimum atomic E-state index is -3.90. The van der Waals surface area contributed by atoms with Gasteiger partial charge >= 0.3 is 5.97 Å². The Balaban J connectivity index is 3.11. The highest BCUT2D eigenvalue weighted by Gasteiger charge is 2.17. The lowest BCUT2D eigenvalue weighted by Gasteiger charge is -2.21. The average Bonchev–Trinajstić information content (AvgIpc) is 2.37. The van der Waals surface area contributed by atoms with Crippen molar-refractivity contribution in [2.45, 2.75) is 31.1 Å². The minimum Gasteiger partial charge on any atom is -0.478 e. The van der Waals surface area contributed by atoms with Gasteiger partial charge in [0.15, 0.2) is 0 Å². The Morgan fingerprint density at radius 2 is 2.00 bits per heavy atom. The summed E-state index contributed by atoms with van der Waals surface area (Å²) in [6.07, 6.45) is 3.08. The molecule has 0 fully saturated rings. The molecule has 0 unspecified atom stereocenters. The molecule has 0 aromatic heterocycles. The predicted molar refractivity (Wildman–Crippen MR) is 77.6 cm³/mol. The molecule has 0 saturated heterocycles. The third kappa shape index (κ3) is 4.21. The first-order valence-electron chi connectivity index (χ1n) is 6.38. The number of unbranched alkanes of at least 4 members (excludes halogenated alkanes) is 2. The first kappa shape index (κ1) is 16.5. The van der Waals surface area contributed by atoms with Crippen molar-refractivity contribution in [3.05, 3.63) is 23.8 Å². The van der Waals surface area contributed by atoms with E-state index in [0.29, 0.717) is 12.2 Å². The normalized spacial score (nSPS) is 11.3. The molecule has 0 saturated carbocycles. The molecule has 1 aromatic rings. The lowest BCUT2D eigenvalue weighted by Crippen LogP contribution is -2.22. The van der Waals surface area contributed by atoms with Crippen molar-refractivity contribution in [2.75, 3.05) is 18.5 Å². The maximum absolute atomic E-state index is 11.3. The number of carbonyl (C=O) groups is 1. The van der Waals surface area contributed by atoms with E-state index in [2.05, 4.69) is 6.92 Å². The maximum Gasteiger partial charge on any atom is 0.337 e. The molecule has 0 aliphatic rings. The van der Waals surface area contributed by atoms with Gasteiger partial charge in [-0.05, 0) is 24.6 Å². The number of primary sulfonamides is 1. The second kappa shape index (κ2) is 6.71. The lowest BCUT2D eigenvalue weighted by atomic mass is 10.1. The van der Waals surface area contributed by atoms with Crippen LogP contribution in [0.3, 0.4) is 0 Å². The highest BCUT2D eigenvalue weighted by Crippen LogP contribution is 2.23. The Kier molecular flexibility index (Phi) is 5.52. The first-order chi connectivity index (χ1) is 9.27. The van der Waals surface area contributed by atoms with Crippen molar-refractivity contribution in [2.24, 2.45) is 5.14 Å². The molecule has 0 amide bonds. The van der Waals surface area contributed by atoms with E-state index in [0.717, 1.165) is 25.3 Å². The van der Waals surface area contributed by atoms with Crippen molar-refractivity contribution in [3.8, 4) is 0 Å². The number of benzene rings is 1. The van der Waals surface area contributed by atoms with Gasteiger partial charge < -0.3 is 10.0 Å². The zero-order valence-corrected chi connectivity index (χ0v) is 12.5. The summed E-state index contributed by atoms with van der Waals surface area (Å²) in [7, 11) is -2.12. The fourth-order valence-corrected chi connectivity index (χ4v) is 2.46. The minimum absolute atomic E-state index is 0.0597. The zero-order valence-electron chi connectivity index (χ0n) is 11.7. The molecule has 0 aliphatic carbocycles. The standard InChI is InChI=1S/C13H20N2O4S/c1-3-4-5-8-15(2)12-7-6-10(20(14,18)19)9-11(12)13(16)17/h6-7,9H,3-5,8H2,1-2H3,(H,16,17)(H2,14,18,19). The van der Waals surface area contributed by atoms with Gasteiger partial charge in [0.1, 0.15) is 0 Å². The lowest BCUT2D eigenvalue weighted by molar-refractivity contribution is 0.0697. The summed E-state index contributed by atoms with van der Waals surface area (Å²) >= 11 is 0. The monoisotopic (exact) mass is 300 g/mol. The fraction of sp³-hybridized carbons (Fsp3) is 0.462. The SMILES string of the molecule is CCCCCN(C)c1ccc(S(N)(=O)=O)cc1C(=O)O. The van der Waals surface area contributed by atoms with E-state index in [1.54, 1.807) is 7.05 Å². The van der Waals surface area contributed by atoms with Crippen LogP contribution in [0.2, 0.25) is 0 Å². The van der Waals surface area contributed by atoms with Gasteiger partial charge in [-0.2, -0.15) is 0 Å². The van der Waals surface area contributed by atoms with Crippen LogP contribution in [-0.2, 0) is 10.0 Å². The molecule has 7 heteroatoms. The number of aromatic carboxylic acids is 1. The summed E-state index contributed by atoms with van der Waals surface area (Å²) in [5.74, 6) is -1.17. The van der Waals surface area contributed by atoms with Crippen molar-refractivity contribution >= 4 is 21.7 Å². The van der Waals surface area contributed by atoms with E-state index in [1.165, 1.54) is 12.1 Å². The van der Waals surface area contributed by atoms with Gasteiger partial charge in [0.05, 0.1) is 16.1 Å². The van der Waals surface area contributed by atoms with Gasteiger partial charge in [-0.3, -0.25) is 0 Å². The van der Waals surface area contributed by atoms with E-state index in [4.69, 9.17) is 5.14 Å². The van der Waals surface area contributed by atoms with Crippen LogP contribution in [-0.4, -0.2) is 33.1 Å². The van der Waals surface area contributed by atoms with Crippen LogP contribution in [0.5, 0.6) is 0 Å². The van der Waals surface area contributed by atoms with Gasteiger partial charge in [0.2, 0.25) is 10.0 Å². The van der Waals surface area contributed by atoms with E-state index < -0.39 is 16.0 Å².